The third-order valence-corrected chi connectivity index (χ3v) is 4.85. The molecule has 0 saturated heterocycles. The van der Waals surface area contributed by atoms with Gasteiger partial charge in [-0.25, -0.2) is 4.39 Å². The summed E-state index contributed by atoms with van der Waals surface area (Å²) in [4.78, 5) is 0. The molecule has 2 heterocycles. The van der Waals surface area contributed by atoms with Gasteiger partial charge in [-0.2, -0.15) is 10.2 Å². The summed E-state index contributed by atoms with van der Waals surface area (Å²) in [5, 5.41) is 18.3. The molecular weight excluding hydrogens is 317 g/mol. The van der Waals surface area contributed by atoms with E-state index in [-0.39, 0.29) is 5.82 Å². The highest BCUT2D eigenvalue weighted by molar-refractivity contribution is 5.62. The normalized spacial score (nSPS) is 14.3. The quantitative estimate of drug-likeness (QED) is 0.623. The van der Waals surface area contributed by atoms with Gasteiger partial charge in [-0.15, -0.1) is 0 Å². The van der Waals surface area contributed by atoms with Crippen LogP contribution in [0, 0.1) is 5.82 Å². The standard InChI is InChI=1S/C19H22FN5/c20-15-8-6-13(7-9-15)19-14(11-22-25-19)10-21-12-18-16-4-2-1-3-5-17(16)23-24-18/h6-9,11,21H,1-5,10,12H2,(H,22,25)(H,23,24). The molecule has 0 atom stereocenters. The summed E-state index contributed by atoms with van der Waals surface area (Å²) in [7, 11) is 0. The van der Waals surface area contributed by atoms with Crippen LogP contribution in [-0.4, -0.2) is 20.4 Å². The van der Waals surface area contributed by atoms with E-state index < -0.39 is 0 Å². The van der Waals surface area contributed by atoms with E-state index in [2.05, 4.69) is 25.7 Å². The first-order valence-corrected chi connectivity index (χ1v) is 8.85. The number of nitrogens with one attached hydrogen (secondary N) is 3. The van der Waals surface area contributed by atoms with E-state index in [4.69, 9.17) is 0 Å². The lowest BCUT2D eigenvalue weighted by atomic mass is 10.1. The Morgan fingerprint density at radius 2 is 1.84 bits per heavy atom. The Hall–Kier alpha value is -2.47. The lowest BCUT2D eigenvalue weighted by molar-refractivity contribution is 0.628. The second kappa shape index (κ2) is 7.19. The van der Waals surface area contributed by atoms with Gasteiger partial charge in [0.2, 0.25) is 0 Å². The molecule has 3 N–H and O–H groups in total. The maximum atomic E-state index is 13.1. The van der Waals surface area contributed by atoms with Crippen LogP contribution < -0.4 is 5.32 Å². The second-order valence-corrected chi connectivity index (χ2v) is 6.57. The topological polar surface area (TPSA) is 69.4 Å². The Bertz CT molecular complexity index is 834. The Morgan fingerprint density at radius 3 is 2.72 bits per heavy atom. The average molecular weight is 339 g/mol. The first kappa shape index (κ1) is 16.0. The number of H-pyrrole nitrogens is 2. The SMILES string of the molecule is Fc1ccc(-c2[nH]ncc2CNCc2n[nH]c3c2CCCCC3)cc1. The van der Waals surface area contributed by atoms with Gasteiger partial charge < -0.3 is 5.32 Å². The first-order chi connectivity index (χ1) is 12.3. The molecule has 1 aromatic carbocycles. The minimum atomic E-state index is -0.234. The van der Waals surface area contributed by atoms with Crippen LogP contribution in [-0.2, 0) is 25.9 Å². The highest BCUT2D eigenvalue weighted by atomic mass is 19.1. The van der Waals surface area contributed by atoms with Crippen molar-refractivity contribution in [3.05, 3.63) is 58.8 Å². The molecule has 1 aliphatic carbocycles. The molecule has 25 heavy (non-hydrogen) atoms. The monoisotopic (exact) mass is 339 g/mol. The molecule has 0 amide bonds. The van der Waals surface area contributed by atoms with Crippen molar-refractivity contribution in [1.29, 1.82) is 0 Å². The zero-order chi connectivity index (χ0) is 17.1. The summed E-state index contributed by atoms with van der Waals surface area (Å²) in [5.74, 6) is -0.234. The molecule has 0 aliphatic heterocycles. The number of fused-ring (bicyclic) bond motifs is 1. The number of rotatable bonds is 5. The summed E-state index contributed by atoms with van der Waals surface area (Å²) in [6.07, 6.45) is 7.84. The van der Waals surface area contributed by atoms with Crippen molar-refractivity contribution >= 4 is 0 Å². The maximum absolute atomic E-state index is 13.1. The molecule has 1 aliphatic rings. The van der Waals surface area contributed by atoms with Gasteiger partial charge in [0.25, 0.3) is 0 Å². The van der Waals surface area contributed by atoms with Gasteiger partial charge in [-0.05, 0) is 55.5 Å². The lowest BCUT2D eigenvalue weighted by Crippen LogP contribution is -2.14. The number of nitrogens with zero attached hydrogens (tertiary/aromatic N) is 2. The van der Waals surface area contributed by atoms with E-state index in [9.17, 15) is 4.39 Å². The van der Waals surface area contributed by atoms with Crippen molar-refractivity contribution < 1.29 is 4.39 Å². The Morgan fingerprint density at radius 1 is 1.00 bits per heavy atom. The number of halogens is 1. The predicted molar refractivity (Wildman–Crippen MR) is 94.4 cm³/mol. The molecule has 0 bridgehead atoms. The Kier molecular flexibility index (Phi) is 4.61. The summed E-state index contributed by atoms with van der Waals surface area (Å²) in [5.41, 5.74) is 6.76. The molecule has 130 valence electrons. The zero-order valence-electron chi connectivity index (χ0n) is 14.1. The molecule has 0 fully saturated rings. The molecule has 6 heteroatoms. The fraction of sp³-hybridized carbons (Fsp3) is 0.368. The van der Waals surface area contributed by atoms with Crippen molar-refractivity contribution in [1.82, 2.24) is 25.7 Å². The van der Waals surface area contributed by atoms with Crippen LogP contribution in [0.4, 0.5) is 4.39 Å². The van der Waals surface area contributed by atoms with Gasteiger partial charge in [0.15, 0.2) is 0 Å². The lowest BCUT2D eigenvalue weighted by Gasteiger charge is -2.06. The largest absolute Gasteiger partial charge is 0.307 e. The molecule has 0 saturated carbocycles. The highest BCUT2D eigenvalue weighted by Gasteiger charge is 2.15. The number of aryl methyl sites for hydroxylation is 1. The maximum Gasteiger partial charge on any atom is 0.123 e. The molecule has 0 spiro atoms. The van der Waals surface area contributed by atoms with Crippen LogP contribution >= 0.6 is 0 Å². The summed E-state index contributed by atoms with van der Waals surface area (Å²) in [6, 6.07) is 6.46. The van der Waals surface area contributed by atoms with E-state index in [1.54, 1.807) is 12.1 Å². The molecule has 4 rings (SSSR count). The van der Waals surface area contributed by atoms with Crippen LogP contribution in [0.15, 0.2) is 30.5 Å². The highest BCUT2D eigenvalue weighted by Crippen LogP contribution is 2.23. The third kappa shape index (κ3) is 3.49. The molecule has 0 unspecified atom stereocenters. The number of hydrogen-bond acceptors (Lipinski definition) is 3. The number of benzene rings is 1. The fourth-order valence-corrected chi connectivity index (χ4v) is 3.50. The van der Waals surface area contributed by atoms with Crippen molar-refractivity contribution in [2.24, 2.45) is 0 Å². The summed E-state index contributed by atoms with van der Waals surface area (Å²) in [6.45, 7) is 1.42. The van der Waals surface area contributed by atoms with Gasteiger partial charge in [-0.3, -0.25) is 10.2 Å². The number of aromatic nitrogens is 4. The summed E-state index contributed by atoms with van der Waals surface area (Å²) < 4.78 is 13.1. The minimum absolute atomic E-state index is 0.234. The average Bonchev–Trinajstić information content (AvgIpc) is 3.17. The van der Waals surface area contributed by atoms with E-state index in [1.807, 2.05) is 6.20 Å². The van der Waals surface area contributed by atoms with Crippen LogP contribution in [0.2, 0.25) is 0 Å². The van der Waals surface area contributed by atoms with E-state index in [0.29, 0.717) is 6.54 Å². The third-order valence-electron chi connectivity index (χ3n) is 4.85. The van der Waals surface area contributed by atoms with Crippen LogP contribution in [0.1, 0.15) is 41.8 Å². The minimum Gasteiger partial charge on any atom is -0.307 e. The van der Waals surface area contributed by atoms with Gasteiger partial charge in [0.05, 0.1) is 17.6 Å². The van der Waals surface area contributed by atoms with E-state index >= 15 is 0 Å². The molecule has 0 radical (unpaired) electrons. The first-order valence-electron chi connectivity index (χ1n) is 8.85. The van der Waals surface area contributed by atoms with Gasteiger partial charge in [-0.1, -0.05) is 6.42 Å². The Labute approximate surface area is 146 Å². The number of aromatic amines is 2. The van der Waals surface area contributed by atoms with Crippen LogP contribution in [0.25, 0.3) is 11.3 Å². The van der Waals surface area contributed by atoms with E-state index in [1.165, 1.54) is 42.7 Å². The van der Waals surface area contributed by atoms with Crippen molar-refractivity contribution in [3.8, 4) is 11.3 Å². The second-order valence-electron chi connectivity index (χ2n) is 6.57. The van der Waals surface area contributed by atoms with Crippen LogP contribution in [0.5, 0.6) is 0 Å². The molecule has 5 nitrogen and oxygen atoms in total. The van der Waals surface area contributed by atoms with Crippen LogP contribution in [0.3, 0.4) is 0 Å². The van der Waals surface area contributed by atoms with E-state index in [0.717, 1.165) is 41.9 Å². The van der Waals surface area contributed by atoms with Gasteiger partial charge >= 0.3 is 0 Å². The van der Waals surface area contributed by atoms with Gasteiger partial charge in [0.1, 0.15) is 5.82 Å². The molecule has 2 aromatic heterocycles. The Balaban J connectivity index is 1.42. The predicted octanol–water partition coefficient (Wildman–Crippen LogP) is 3.50. The fourth-order valence-electron chi connectivity index (χ4n) is 3.50. The van der Waals surface area contributed by atoms with Crippen molar-refractivity contribution in [2.75, 3.05) is 0 Å². The smallest absolute Gasteiger partial charge is 0.123 e. The number of hydrogen-bond donors (Lipinski definition) is 3. The molecule has 3 aromatic rings. The van der Waals surface area contributed by atoms with Gasteiger partial charge in [0, 0.05) is 29.9 Å². The summed E-state index contributed by atoms with van der Waals surface area (Å²) >= 11 is 0. The molecular formula is C19H22FN5. The zero-order valence-corrected chi connectivity index (χ0v) is 14.1. The van der Waals surface area contributed by atoms with Crippen molar-refractivity contribution in [2.45, 2.75) is 45.2 Å². The van der Waals surface area contributed by atoms with Crippen molar-refractivity contribution in [3.63, 3.8) is 0 Å².